The van der Waals surface area contributed by atoms with E-state index in [0.29, 0.717) is 10.2 Å². The van der Waals surface area contributed by atoms with Crippen LogP contribution in [0.25, 0.3) is 10.7 Å². The molecule has 0 aliphatic carbocycles. The summed E-state index contributed by atoms with van der Waals surface area (Å²) in [5.74, 6) is 1.51. The van der Waals surface area contributed by atoms with Crippen LogP contribution in [-0.2, 0) is 0 Å². The molecule has 0 radical (unpaired) electrons. The molecule has 0 spiro atoms. The third-order valence-electron chi connectivity index (χ3n) is 1.85. The SMILES string of the molecule is CNc1nc(-c2cc(Br)c(Cl)s2)ncc1I. The van der Waals surface area contributed by atoms with Gasteiger partial charge >= 0.3 is 0 Å². The molecule has 0 bridgehead atoms. The van der Waals surface area contributed by atoms with E-state index < -0.39 is 0 Å². The van der Waals surface area contributed by atoms with Crippen molar-refractivity contribution >= 4 is 67.3 Å². The number of hydrogen-bond donors (Lipinski definition) is 1. The van der Waals surface area contributed by atoms with Crippen molar-refractivity contribution in [3.05, 3.63) is 24.6 Å². The summed E-state index contributed by atoms with van der Waals surface area (Å²) in [5.41, 5.74) is 0. The maximum atomic E-state index is 5.98. The summed E-state index contributed by atoms with van der Waals surface area (Å²) in [4.78, 5) is 9.65. The first-order valence-electron chi connectivity index (χ1n) is 4.27. The number of anilines is 1. The second-order valence-electron chi connectivity index (χ2n) is 2.87. The fourth-order valence-corrected chi connectivity index (χ4v) is 3.29. The van der Waals surface area contributed by atoms with Gasteiger partial charge in [0.1, 0.15) is 10.2 Å². The van der Waals surface area contributed by atoms with Crippen molar-refractivity contribution in [3.8, 4) is 10.7 Å². The average Bonchev–Trinajstić information content (AvgIpc) is 2.60. The summed E-state index contributed by atoms with van der Waals surface area (Å²) in [7, 11) is 1.84. The van der Waals surface area contributed by atoms with E-state index in [1.165, 1.54) is 11.3 Å². The number of rotatable bonds is 2. The van der Waals surface area contributed by atoms with E-state index in [4.69, 9.17) is 11.6 Å². The molecule has 3 nitrogen and oxygen atoms in total. The lowest BCUT2D eigenvalue weighted by atomic mass is 10.4. The van der Waals surface area contributed by atoms with Crippen LogP contribution in [0.5, 0.6) is 0 Å². The van der Waals surface area contributed by atoms with Crippen LogP contribution in [0.2, 0.25) is 4.34 Å². The van der Waals surface area contributed by atoms with Crippen molar-refractivity contribution in [3.63, 3.8) is 0 Å². The highest BCUT2D eigenvalue weighted by atomic mass is 127. The topological polar surface area (TPSA) is 37.8 Å². The van der Waals surface area contributed by atoms with E-state index in [9.17, 15) is 0 Å². The fourth-order valence-electron chi connectivity index (χ4n) is 1.12. The minimum atomic E-state index is 0.683. The average molecular weight is 430 g/mol. The van der Waals surface area contributed by atoms with Crippen LogP contribution in [0.4, 0.5) is 5.82 Å². The first kappa shape index (κ1) is 12.5. The highest BCUT2D eigenvalue weighted by molar-refractivity contribution is 14.1. The van der Waals surface area contributed by atoms with Gasteiger partial charge in [0.05, 0.1) is 8.45 Å². The zero-order chi connectivity index (χ0) is 11.7. The molecule has 84 valence electrons. The van der Waals surface area contributed by atoms with E-state index in [2.05, 4.69) is 53.8 Å². The van der Waals surface area contributed by atoms with Gasteiger partial charge in [-0.1, -0.05) is 11.6 Å². The van der Waals surface area contributed by atoms with Crippen molar-refractivity contribution in [1.82, 2.24) is 9.97 Å². The Morgan fingerprint density at radius 1 is 1.56 bits per heavy atom. The van der Waals surface area contributed by atoms with E-state index in [1.54, 1.807) is 6.20 Å². The van der Waals surface area contributed by atoms with Crippen LogP contribution in [-0.4, -0.2) is 17.0 Å². The molecule has 7 heteroatoms. The minimum Gasteiger partial charge on any atom is -0.372 e. The van der Waals surface area contributed by atoms with Crippen LogP contribution >= 0.6 is 61.5 Å². The lowest BCUT2D eigenvalue weighted by molar-refractivity contribution is 1.16. The normalized spacial score (nSPS) is 10.5. The van der Waals surface area contributed by atoms with E-state index in [-0.39, 0.29) is 0 Å². The number of nitrogens with one attached hydrogen (secondary N) is 1. The summed E-state index contributed by atoms with van der Waals surface area (Å²) in [6, 6.07) is 1.93. The molecule has 2 aromatic heterocycles. The zero-order valence-corrected chi connectivity index (χ0v) is 13.4. The van der Waals surface area contributed by atoms with Gasteiger partial charge in [-0.2, -0.15) is 0 Å². The molecule has 0 atom stereocenters. The van der Waals surface area contributed by atoms with Crippen molar-refractivity contribution in [1.29, 1.82) is 0 Å². The molecule has 2 heterocycles. The van der Waals surface area contributed by atoms with Gasteiger partial charge in [0.25, 0.3) is 0 Å². The smallest absolute Gasteiger partial charge is 0.171 e. The molecule has 0 amide bonds. The Bertz CT molecular complexity index is 512. The first-order valence-corrected chi connectivity index (χ1v) is 7.34. The largest absolute Gasteiger partial charge is 0.372 e. The second kappa shape index (κ2) is 5.16. The predicted molar refractivity (Wildman–Crippen MR) is 80.3 cm³/mol. The first-order chi connectivity index (χ1) is 7.61. The highest BCUT2D eigenvalue weighted by Crippen LogP contribution is 2.36. The standard InChI is InChI=1S/C9H6BrClIN3S/c1-13-8-5(12)3-14-9(15-8)6-2-4(10)7(11)16-6/h2-3H,1H3,(H,13,14,15). The van der Waals surface area contributed by atoms with Gasteiger partial charge in [-0.25, -0.2) is 9.97 Å². The van der Waals surface area contributed by atoms with Gasteiger partial charge in [0, 0.05) is 17.7 Å². The second-order valence-corrected chi connectivity index (χ2v) is 6.54. The van der Waals surface area contributed by atoms with Crippen LogP contribution in [0.15, 0.2) is 16.7 Å². The van der Waals surface area contributed by atoms with Gasteiger partial charge in [-0.15, -0.1) is 11.3 Å². The molecular weight excluding hydrogens is 424 g/mol. The molecule has 1 N–H and O–H groups in total. The van der Waals surface area contributed by atoms with Crippen LogP contribution in [0, 0.1) is 3.57 Å². The lowest BCUT2D eigenvalue weighted by Crippen LogP contribution is -1.98. The number of hydrogen-bond acceptors (Lipinski definition) is 4. The summed E-state index contributed by atoms with van der Waals surface area (Å²) < 4.78 is 2.58. The Labute approximate surface area is 124 Å². The Balaban J connectivity index is 2.48. The van der Waals surface area contributed by atoms with Crippen LogP contribution in [0.1, 0.15) is 0 Å². The number of nitrogens with zero attached hydrogens (tertiary/aromatic N) is 2. The van der Waals surface area contributed by atoms with Gasteiger partial charge in [-0.05, 0) is 44.6 Å². The Morgan fingerprint density at radius 3 is 2.88 bits per heavy atom. The summed E-state index contributed by atoms with van der Waals surface area (Å²) in [5, 5.41) is 3.03. The molecule has 0 aromatic carbocycles. The van der Waals surface area contributed by atoms with Crippen LogP contribution < -0.4 is 5.32 Å². The molecular formula is C9H6BrClIN3S. The van der Waals surface area contributed by atoms with E-state index >= 15 is 0 Å². The Kier molecular flexibility index (Phi) is 4.04. The Hall–Kier alpha value is 0.0800. The monoisotopic (exact) mass is 429 g/mol. The summed E-state index contributed by atoms with van der Waals surface area (Å²) in [6.07, 6.45) is 1.79. The summed E-state index contributed by atoms with van der Waals surface area (Å²) in [6.45, 7) is 0. The molecule has 16 heavy (non-hydrogen) atoms. The molecule has 0 saturated heterocycles. The fraction of sp³-hybridized carbons (Fsp3) is 0.111. The number of thiophene rings is 1. The van der Waals surface area contributed by atoms with Crippen molar-refractivity contribution in [2.75, 3.05) is 12.4 Å². The number of aromatic nitrogens is 2. The lowest BCUT2D eigenvalue weighted by Gasteiger charge is -2.03. The third-order valence-corrected chi connectivity index (χ3v) is 5.11. The summed E-state index contributed by atoms with van der Waals surface area (Å²) >= 11 is 13.0. The number of halogens is 3. The van der Waals surface area contributed by atoms with Crippen LogP contribution in [0.3, 0.4) is 0 Å². The molecule has 0 saturated carbocycles. The molecule has 2 aromatic rings. The van der Waals surface area contributed by atoms with Gasteiger partial charge in [-0.3, -0.25) is 0 Å². The van der Waals surface area contributed by atoms with Gasteiger partial charge in [0.2, 0.25) is 0 Å². The molecule has 0 aliphatic heterocycles. The zero-order valence-electron chi connectivity index (χ0n) is 8.09. The molecule has 2 rings (SSSR count). The molecule has 0 aliphatic rings. The highest BCUT2D eigenvalue weighted by Gasteiger charge is 2.10. The van der Waals surface area contributed by atoms with E-state index in [1.807, 2.05) is 13.1 Å². The quantitative estimate of drug-likeness (QED) is 0.724. The van der Waals surface area contributed by atoms with Gasteiger partial charge < -0.3 is 5.32 Å². The van der Waals surface area contributed by atoms with Gasteiger partial charge in [0.15, 0.2) is 5.82 Å². The maximum Gasteiger partial charge on any atom is 0.171 e. The predicted octanol–water partition coefficient (Wildman–Crippen LogP) is 4.27. The van der Waals surface area contributed by atoms with E-state index in [0.717, 1.165) is 18.7 Å². The maximum absolute atomic E-state index is 5.98. The van der Waals surface area contributed by atoms with Crippen molar-refractivity contribution < 1.29 is 0 Å². The van der Waals surface area contributed by atoms with Crippen molar-refractivity contribution in [2.24, 2.45) is 0 Å². The Morgan fingerprint density at radius 2 is 2.31 bits per heavy atom. The molecule has 0 fully saturated rings. The van der Waals surface area contributed by atoms with Crippen molar-refractivity contribution in [2.45, 2.75) is 0 Å². The third kappa shape index (κ3) is 2.49. The molecule has 0 unspecified atom stereocenters. The minimum absolute atomic E-state index is 0.683.